The van der Waals surface area contributed by atoms with Crippen LogP contribution in [0.3, 0.4) is 0 Å². The van der Waals surface area contributed by atoms with Crippen LogP contribution in [0, 0.1) is 0 Å². The molecule has 1 aliphatic carbocycles. The second kappa shape index (κ2) is 6.99. The molecule has 0 atom stereocenters. The number of carbonyl (C=O) groups is 1. The highest BCUT2D eigenvalue weighted by Crippen LogP contribution is 2.25. The summed E-state index contributed by atoms with van der Waals surface area (Å²) in [4.78, 5) is 18.0. The van der Waals surface area contributed by atoms with E-state index in [1.54, 1.807) is 23.0 Å². The van der Waals surface area contributed by atoms with Crippen molar-refractivity contribution in [2.24, 2.45) is 0 Å². The van der Waals surface area contributed by atoms with Crippen LogP contribution in [0.2, 0.25) is 0 Å². The highest BCUT2D eigenvalue weighted by molar-refractivity contribution is 5.89. The van der Waals surface area contributed by atoms with Gasteiger partial charge in [-0.15, -0.1) is 0 Å². The summed E-state index contributed by atoms with van der Waals surface area (Å²) in [5, 5.41) is 11.1. The van der Waals surface area contributed by atoms with Crippen molar-refractivity contribution >= 4 is 11.7 Å². The molecule has 0 unspecified atom stereocenters. The van der Waals surface area contributed by atoms with E-state index in [0.29, 0.717) is 12.2 Å². The van der Waals surface area contributed by atoms with Crippen LogP contribution in [0.1, 0.15) is 29.9 Å². The van der Waals surface area contributed by atoms with Gasteiger partial charge in [0.25, 0.3) is 0 Å². The number of fused-ring (bicyclic) bond motifs is 1. The Labute approximate surface area is 150 Å². The van der Waals surface area contributed by atoms with Crippen LogP contribution in [-0.4, -0.2) is 37.9 Å². The Kier molecular flexibility index (Phi) is 4.39. The molecule has 0 aliphatic heterocycles. The van der Waals surface area contributed by atoms with E-state index < -0.39 is 0 Å². The molecule has 2 amide bonds. The fourth-order valence-corrected chi connectivity index (χ4v) is 3.13. The maximum Gasteiger partial charge on any atom is 0.321 e. The first-order chi connectivity index (χ1) is 12.7. The Hall–Kier alpha value is -3.16. The van der Waals surface area contributed by atoms with E-state index in [9.17, 15) is 4.79 Å². The number of carbonyl (C=O) groups excluding carboxylic acids is 1. The maximum atomic E-state index is 12.4. The van der Waals surface area contributed by atoms with Crippen molar-refractivity contribution in [3.63, 3.8) is 0 Å². The lowest BCUT2D eigenvalue weighted by Crippen LogP contribution is -2.31. The standard InChI is InChI=1S/C18H20N6O2/c1-23(10-16-15-4-2-3-5-17(15)26-22-16)18(25)21-13-6-8-14(9-7-13)24-12-19-11-20-24/h6-9,11-12H,2-5,10H2,1H3,(H,21,25). The van der Waals surface area contributed by atoms with Gasteiger partial charge in [-0.2, -0.15) is 5.10 Å². The second-order valence-corrected chi connectivity index (χ2v) is 6.41. The van der Waals surface area contributed by atoms with Gasteiger partial charge in [-0.05, 0) is 43.5 Å². The Balaban J connectivity index is 1.39. The molecule has 2 heterocycles. The van der Waals surface area contributed by atoms with Gasteiger partial charge in [-0.3, -0.25) is 0 Å². The minimum Gasteiger partial charge on any atom is -0.361 e. The molecule has 1 aromatic carbocycles. The molecular formula is C18H20N6O2. The van der Waals surface area contributed by atoms with E-state index in [4.69, 9.17) is 4.52 Å². The minimum atomic E-state index is -0.189. The zero-order valence-corrected chi connectivity index (χ0v) is 14.6. The van der Waals surface area contributed by atoms with Crippen molar-refractivity contribution in [3.8, 4) is 5.69 Å². The highest BCUT2D eigenvalue weighted by Gasteiger charge is 2.21. The van der Waals surface area contributed by atoms with E-state index in [-0.39, 0.29) is 6.03 Å². The minimum absolute atomic E-state index is 0.189. The van der Waals surface area contributed by atoms with Crippen molar-refractivity contribution in [1.29, 1.82) is 0 Å². The first-order valence-corrected chi connectivity index (χ1v) is 8.64. The molecule has 1 N–H and O–H groups in total. The van der Waals surface area contributed by atoms with E-state index in [2.05, 4.69) is 20.6 Å². The van der Waals surface area contributed by atoms with Crippen molar-refractivity contribution in [3.05, 3.63) is 53.9 Å². The van der Waals surface area contributed by atoms with Crippen molar-refractivity contribution in [2.45, 2.75) is 32.2 Å². The third kappa shape index (κ3) is 3.30. The highest BCUT2D eigenvalue weighted by atomic mass is 16.5. The molecule has 2 aromatic heterocycles. The van der Waals surface area contributed by atoms with Crippen LogP contribution < -0.4 is 5.32 Å². The third-order valence-electron chi connectivity index (χ3n) is 4.57. The number of nitrogens with one attached hydrogen (secondary N) is 1. The molecular weight excluding hydrogens is 332 g/mol. The molecule has 0 fully saturated rings. The van der Waals surface area contributed by atoms with Gasteiger partial charge in [0, 0.05) is 24.7 Å². The molecule has 0 saturated heterocycles. The molecule has 1 aliphatic rings. The lowest BCUT2D eigenvalue weighted by atomic mass is 9.96. The molecule has 4 rings (SSSR count). The number of amides is 2. The summed E-state index contributed by atoms with van der Waals surface area (Å²) in [7, 11) is 1.75. The number of urea groups is 1. The smallest absolute Gasteiger partial charge is 0.321 e. The number of nitrogens with zero attached hydrogens (tertiary/aromatic N) is 5. The SMILES string of the molecule is CN(Cc1noc2c1CCCC2)C(=O)Nc1ccc(-n2cncn2)cc1. The molecule has 3 aromatic rings. The number of hydrogen-bond acceptors (Lipinski definition) is 5. The van der Waals surface area contributed by atoms with Crippen LogP contribution in [0.5, 0.6) is 0 Å². The zero-order valence-electron chi connectivity index (χ0n) is 14.6. The molecule has 8 nitrogen and oxygen atoms in total. The van der Waals surface area contributed by atoms with Crippen LogP contribution in [-0.2, 0) is 19.4 Å². The summed E-state index contributed by atoms with van der Waals surface area (Å²) >= 11 is 0. The third-order valence-corrected chi connectivity index (χ3v) is 4.57. The average Bonchev–Trinajstić information content (AvgIpc) is 3.33. The number of rotatable bonds is 4. The summed E-state index contributed by atoms with van der Waals surface area (Å²) < 4.78 is 7.07. The number of hydrogen-bond donors (Lipinski definition) is 1. The summed E-state index contributed by atoms with van der Waals surface area (Å²) in [5.74, 6) is 0.976. The largest absolute Gasteiger partial charge is 0.361 e. The number of anilines is 1. The summed E-state index contributed by atoms with van der Waals surface area (Å²) in [6, 6.07) is 7.23. The van der Waals surface area contributed by atoms with Crippen molar-refractivity contribution in [1.82, 2.24) is 24.8 Å². The van der Waals surface area contributed by atoms with Crippen LogP contribution in [0.15, 0.2) is 41.4 Å². The first kappa shape index (κ1) is 16.3. The van der Waals surface area contributed by atoms with Gasteiger partial charge in [-0.25, -0.2) is 14.5 Å². The molecule has 0 bridgehead atoms. The number of benzene rings is 1. The molecule has 8 heteroatoms. The summed E-state index contributed by atoms with van der Waals surface area (Å²) in [6.07, 6.45) is 7.31. The van der Waals surface area contributed by atoms with Gasteiger partial charge in [0.2, 0.25) is 0 Å². The van der Waals surface area contributed by atoms with Gasteiger partial charge in [0.05, 0.1) is 12.2 Å². The maximum absolute atomic E-state index is 12.4. The molecule has 26 heavy (non-hydrogen) atoms. The summed E-state index contributed by atoms with van der Waals surface area (Å²) in [6.45, 7) is 0.432. The van der Waals surface area contributed by atoms with Crippen LogP contribution in [0.25, 0.3) is 5.69 Å². The Morgan fingerprint density at radius 1 is 1.27 bits per heavy atom. The van der Waals surface area contributed by atoms with Gasteiger partial charge in [-0.1, -0.05) is 5.16 Å². The predicted molar refractivity (Wildman–Crippen MR) is 95.0 cm³/mol. The fourth-order valence-electron chi connectivity index (χ4n) is 3.13. The van der Waals surface area contributed by atoms with Gasteiger partial charge in [0.1, 0.15) is 24.1 Å². The predicted octanol–water partition coefficient (Wildman–Crippen LogP) is 2.80. The molecule has 134 valence electrons. The Morgan fingerprint density at radius 3 is 2.85 bits per heavy atom. The lowest BCUT2D eigenvalue weighted by Gasteiger charge is -2.18. The van der Waals surface area contributed by atoms with E-state index in [1.165, 1.54) is 11.9 Å². The van der Waals surface area contributed by atoms with Gasteiger partial charge in [0.15, 0.2) is 0 Å². The van der Waals surface area contributed by atoms with Crippen molar-refractivity contribution < 1.29 is 9.32 Å². The van der Waals surface area contributed by atoms with Crippen molar-refractivity contribution in [2.75, 3.05) is 12.4 Å². The quantitative estimate of drug-likeness (QED) is 0.780. The van der Waals surface area contributed by atoms with Gasteiger partial charge < -0.3 is 14.7 Å². The zero-order chi connectivity index (χ0) is 17.9. The fraction of sp³-hybridized carbons (Fsp3) is 0.333. The summed E-state index contributed by atoms with van der Waals surface area (Å²) in [5.41, 5.74) is 3.63. The van der Waals surface area contributed by atoms with Gasteiger partial charge >= 0.3 is 6.03 Å². The first-order valence-electron chi connectivity index (χ1n) is 8.64. The Morgan fingerprint density at radius 2 is 2.08 bits per heavy atom. The monoisotopic (exact) mass is 352 g/mol. The van der Waals surface area contributed by atoms with Crippen LogP contribution in [0.4, 0.5) is 10.5 Å². The van der Waals surface area contributed by atoms with E-state index in [1.807, 2.05) is 24.3 Å². The second-order valence-electron chi connectivity index (χ2n) is 6.41. The average molecular weight is 352 g/mol. The normalized spacial score (nSPS) is 13.3. The topological polar surface area (TPSA) is 89.1 Å². The molecule has 0 radical (unpaired) electrons. The van der Waals surface area contributed by atoms with E-state index in [0.717, 1.165) is 42.8 Å². The number of aromatic nitrogens is 4. The molecule has 0 spiro atoms. The number of aryl methyl sites for hydroxylation is 1. The Bertz CT molecular complexity index is 885. The molecule has 0 saturated carbocycles. The van der Waals surface area contributed by atoms with E-state index >= 15 is 0 Å². The van der Waals surface area contributed by atoms with Crippen LogP contribution >= 0.6 is 0 Å². The lowest BCUT2D eigenvalue weighted by molar-refractivity contribution is 0.219.